The van der Waals surface area contributed by atoms with Crippen LogP contribution in [-0.4, -0.2) is 22.5 Å². The van der Waals surface area contributed by atoms with E-state index in [0.717, 1.165) is 12.5 Å². The molecule has 1 aliphatic heterocycles. The van der Waals surface area contributed by atoms with E-state index in [9.17, 15) is 18.4 Å². The van der Waals surface area contributed by atoms with Crippen molar-refractivity contribution in [2.75, 3.05) is 18.0 Å². The van der Waals surface area contributed by atoms with Crippen molar-refractivity contribution in [1.29, 1.82) is 5.26 Å². The van der Waals surface area contributed by atoms with Crippen molar-refractivity contribution < 1.29 is 13.2 Å². The number of piperidine rings is 1. The number of anilines is 1. The van der Waals surface area contributed by atoms with E-state index in [1.54, 1.807) is 22.6 Å². The zero-order valence-corrected chi connectivity index (χ0v) is 15.1. The molecule has 1 fully saturated rings. The lowest BCUT2D eigenvalue weighted by Gasteiger charge is -2.37. The van der Waals surface area contributed by atoms with Crippen molar-refractivity contribution in [2.24, 2.45) is 11.8 Å². The van der Waals surface area contributed by atoms with Crippen LogP contribution in [0.4, 0.5) is 19.0 Å². The number of halogens is 3. The Morgan fingerprint density at radius 3 is 2.44 bits per heavy atom. The van der Waals surface area contributed by atoms with Gasteiger partial charge in [0.25, 0.3) is 0 Å². The summed E-state index contributed by atoms with van der Waals surface area (Å²) in [6, 6.07) is 10.0. The predicted molar refractivity (Wildman–Crippen MR) is 97.6 cm³/mol. The quantitative estimate of drug-likeness (QED) is 0.613. The average Bonchev–Trinajstić information content (AvgIpc) is 2.98. The first-order chi connectivity index (χ1) is 12.8. The van der Waals surface area contributed by atoms with Gasteiger partial charge in [0.05, 0.1) is 16.6 Å². The van der Waals surface area contributed by atoms with Gasteiger partial charge in [-0.15, -0.1) is 0 Å². The van der Waals surface area contributed by atoms with Crippen LogP contribution in [0.5, 0.6) is 0 Å². The number of fused-ring (bicyclic) bond motifs is 3. The molecule has 4 nitrogen and oxygen atoms in total. The van der Waals surface area contributed by atoms with Gasteiger partial charge < -0.3 is 4.90 Å². The highest BCUT2D eigenvalue weighted by atomic mass is 19.4. The van der Waals surface area contributed by atoms with Crippen LogP contribution in [-0.2, 0) is 6.18 Å². The second-order valence-corrected chi connectivity index (χ2v) is 7.51. The lowest BCUT2D eigenvalue weighted by Crippen LogP contribution is -2.39. The van der Waals surface area contributed by atoms with E-state index in [0.29, 0.717) is 41.8 Å². The SMILES string of the molecule is CC1CC(C)CN(c2cc(C(F)(F)F)c(C#N)c3nc4ccccc4n23)C1. The Morgan fingerprint density at radius 1 is 1.15 bits per heavy atom. The summed E-state index contributed by atoms with van der Waals surface area (Å²) in [4.78, 5) is 6.36. The summed E-state index contributed by atoms with van der Waals surface area (Å²) in [6.45, 7) is 5.57. The molecule has 140 valence electrons. The molecule has 2 aromatic heterocycles. The third-order valence-corrected chi connectivity index (χ3v) is 5.17. The number of para-hydroxylation sites is 2. The number of benzene rings is 1. The van der Waals surface area contributed by atoms with Gasteiger partial charge in [0, 0.05) is 13.1 Å². The van der Waals surface area contributed by atoms with Crippen LogP contribution < -0.4 is 4.90 Å². The first-order valence-electron chi connectivity index (χ1n) is 8.96. The van der Waals surface area contributed by atoms with Crippen molar-refractivity contribution in [3.8, 4) is 6.07 Å². The molecule has 0 bridgehead atoms. The molecule has 0 radical (unpaired) electrons. The molecular formula is C20H19F3N4. The van der Waals surface area contributed by atoms with Crippen LogP contribution in [0.15, 0.2) is 30.3 Å². The van der Waals surface area contributed by atoms with E-state index in [1.807, 2.05) is 17.0 Å². The monoisotopic (exact) mass is 372 g/mol. The zero-order chi connectivity index (χ0) is 19.3. The van der Waals surface area contributed by atoms with Gasteiger partial charge in [-0.1, -0.05) is 26.0 Å². The molecule has 0 amide bonds. The summed E-state index contributed by atoms with van der Waals surface area (Å²) in [5, 5.41) is 9.47. The van der Waals surface area contributed by atoms with E-state index in [1.165, 1.54) is 0 Å². The van der Waals surface area contributed by atoms with Crippen LogP contribution in [0.25, 0.3) is 16.7 Å². The fraction of sp³-hybridized carbons (Fsp3) is 0.400. The van der Waals surface area contributed by atoms with Gasteiger partial charge in [-0.2, -0.15) is 18.4 Å². The summed E-state index contributed by atoms with van der Waals surface area (Å²) in [5.41, 5.74) is -0.00469. The van der Waals surface area contributed by atoms with Gasteiger partial charge in [0.1, 0.15) is 17.5 Å². The third kappa shape index (κ3) is 2.89. The Labute approximate surface area is 154 Å². The Balaban J connectivity index is 2.09. The lowest BCUT2D eigenvalue weighted by atomic mass is 9.92. The number of pyridine rings is 1. The summed E-state index contributed by atoms with van der Waals surface area (Å²) in [7, 11) is 0. The normalized spacial score (nSPS) is 21.0. The van der Waals surface area contributed by atoms with Crippen molar-refractivity contribution >= 4 is 22.5 Å². The molecule has 0 saturated carbocycles. The van der Waals surface area contributed by atoms with E-state index >= 15 is 0 Å². The molecule has 1 saturated heterocycles. The number of nitrogens with zero attached hydrogens (tertiary/aromatic N) is 4. The Kier molecular flexibility index (Phi) is 4.02. The van der Waals surface area contributed by atoms with Gasteiger partial charge in [-0.05, 0) is 36.5 Å². The second kappa shape index (κ2) is 6.15. The molecule has 7 heteroatoms. The minimum atomic E-state index is -4.62. The number of hydrogen-bond acceptors (Lipinski definition) is 3. The Morgan fingerprint density at radius 2 is 1.81 bits per heavy atom. The number of hydrogen-bond donors (Lipinski definition) is 0. The average molecular weight is 372 g/mol. The summed E-state index contributed by atoms with van der Waals surface area (Å²) < 4.78 is 42.8. The number of nitriles is 1. The fourth-order valence-electron chi connectivity index (χ4n) is 4.23. The molecular weight excluding hydrogens is 353 g/mol. The van der Waals surface area contributed by atoms with Gasteiger partial charge >= 0.3 is 6.18 Å². The van der Waals surface area contributed by atoms with Crippen molar-refractivity contribution in [3.63, 3.8) is 0 Å². The van der Waals surface area contributed by atoms with Crippen molar-refractivity contribution in [3.05, 3.63) is 41.5 Å². The van der Waals surface area contributed by atoms with E-state index in [2.05, 4.69) is 18.8 Å². The maximum Gasteiger partial charge on any atom is 0.417 e. The minimum Gasteiger partial charge on any atom is -0.357 e. The van der Waals surface area contributed by atoms with Crippen LogP contribution in [0, 0.1) is 23.2 Å². The second-order valence-electron chi connectivity index (χ2n) is 7.51. The molecule has 27 heavy (non-hydrogen) atoms. The summed E-state index contributed by atoms with van der Waals surface area (Å²) >= 11 is 0. The topological polar surface area (TPSA) is 44.3 Å². The largest absolute Gasteiger partial charge is 0.417 e. The molecule has 0 spiro atoms. The van der Waals surface area contributed by atoms with E-state index in [-0.39, 0.29) is 5.65 Å². The number of rotatable bonds is 1. The Hall–Kier alpha value is -2.75. The predicted octanol–water partition coefficient (Wildman–Crippen LogP) is 4.86. The van der Waals surface area contributed by atoms with E-state index in [4.69, 9.17) is 0 Å². The molecule has 0 aliphatic carbocycles. The summed E-state index contributed by atoms with van der Waals surface area (Å²) in [5.74, 6) is 1.20. The molecule has 1 aromatic carbocycles. The molecule has 3 aromatic rings. The lowest BCUT2D eigenvalue weighted by molar-refractivity contribution is -0.137. The van der Waals surface area contributed by atoms with Crippen LogP contribution in [0.3, 0.4) is 0 Å². The van der Waals surface area contributed by atoms with Crippen LogP contribution >= 0.6 is 0 Å². The third-order valence-electron chi connectivity index (χ3n) is 5.17. The zero-order valence-electron chi connectivity index (χ0n) is 15.1. The molecule has 4 rings (SSSR count). The van der Waals surface area contributed by atoms with Gasteiger partial charge in [-0.3, -0.25) is 4.40 Å². The van der Waals surface area contributed by atoms with Crippen molar-refractivity contribution in [1.82, 2.24) is 9.38 Å². The standard InChI is InChI=1S/C20H19F3N4/c1-12-7-13(2)11-26(10-12)18-8-15(20(21,22)23)14(9-24)19-25-16-5-3-4-6-17(16)27(18)19/h3-6,8,12-13H,7,10-11H2,1-2H3. The van der Waals surface area contributed by atoms with Gasteiger partial charge in [-0.25, -0.2) is 4.98 Å². The van der Waals surface area contributed by atoms with E-state index < -0.39 is 17.3 Å². The van der Waals surface area contributed by atoms with Gasteiger partial charge in [0.15, 0.2) is 5.65 Å². The maximum absolute atomic E-state index is 13.7. The first kappa shape index (κ1) is 17.7. The molecule has 2 unspecified atom stereocenters. The molecule has 2 atom stereocenters. The number of imidazole rings is 1. The highest BCUT2D eigenvalue weighted by Crippen LogP contribution is 2.39. The van der Waals surface area contributed by atoms with Gasteiger partial charge in [0.2, 0.25) is 0 Å². The fourth-order valence-corrected chi connectivity index (χ4v) is 4.23. The van der Waals surface area contributed by atoms with Crippen LogP contribution in [0.2, 0.25) is 0 Å². The minimum absolute atomic E-state index is 0.0643. The highest BCUT2D eigenvalue weighted by molar-refractivity contribution is 5.85. The Bertz CT molecular complexity index is 1050. The van der Waals surface area contributed by atoms with Crippen LogP contribution in [0.1, 0.15) is 31.4 Å². The molecule has 0 N–H and O–H groups in total. The summed E-state index contributed by atoms with van der Waals surface area (Å²) in [6.07, 6.45) is -3.57. The van der Waals surface area contributed by atoms with Crippen molar-refractivity contribution in [2.45, 2.75) is 26.4 Å². The maximum atomic E-state index is 13.7. The first-order valence-corrected chi connectivity index (χ1v) is 8.96. The molecule has 3 heterocycles. The smallest absolute Gasteiger partial charge is 0.357 e. The molecule has 1 aliphatic rings. The number of alkyl halides is 3. The highest BCUT2D eigenvalue weighted by Gasteiger charge is 2.37. The number of aromatic nitrogens is 2.